The minimum Gasteiger partial charge on any atom is -0.341 e. The third-order valence-corrected chi connectivity index (χ3v) is 5.54. The van der Waals surface area contributed by atoms with Gasteiger partial charge in [0.15, 0.2) is 0 Å². The maximum Gasteiger partial charge on any atom is 0.241 e. The molecule has 0 aromatic rings. The van der Waals surface area contributed by atoms with E-state index in [1.54, 1.807) is 0 Å². The lowest BCUT2D eigenvalue weighted by atomic mass is 10.0. The van der Waals surface area contributed by atoms with E-state index in [1.165, 1.54) is 10.6 Å². The molecular weight excluding hydrogens is 278 g/mol. The Morgan fingerprint density at radius 3 is 2.65 bits per heavy atom. The number of hydrogen-bond donors (Lipinski definition) is 1. The summed E-state index contributed by atoms with van der Waals surface area (Å²) < 4.78 is 25.0. The summed E-state index contributed by atoms with van der Waals surface area (Å²) in [4.78, 5) is 14.5. The van der Waals surface area contributed by atoms with Gasteiger partial charge in [-0.3, -0.25) is 4.79 Å². The third-order valence-electron chi connectivity index (χ3n) is 4.26. The highest BCUT2D eigenvalue weighted by atomic mass is 32.2. The van der Waals surface area contributed by atoms with E-state index in [1.807, 2.05) is 11.9 Å². The van der Waals surface area contributed by atoms with Crippen molar-refractivity contribution in [2.45, 2.75) is 31.7 Å². The summed E-state index contributed by atoms with van der Waals surface area (Å²) in [6, 6.07) is -0.480. The van der Waals surface area contributed by atoms with Gasteiger partial charge in [0, 0.05) is 19.6 Å². The Hall–Kier alpha value is -0.660. The minimum atomic E-state index is -3.30. The number of piperidine rings is 1. The molecule has 2 rings (SSSR count). The number of likely N-dealkylation sites (tertiary alicyclic amines) is 1. The fourth-order valence-corrected chi connectivity index (χ4v) is 4.37. The average molecular weight is 303 g/mol. The van der Waals surface area contributed by atoms with Crippen LogP contribution in [0.25, 0.3) is 0 Å². The van der Waals surface area contributed by atoms with E-state index in [4.69, 9.17) is 0 Å². The molecule has 0 saturated carbocycles. The first-order valence-corrected chi connectivity index (χ1v) is 9.18. The van der Waals surface area contributed by atoms with Gasteiger partial charge in [-0.25, -0.2) is 8.42 Å². The molecule has 0 radical (unpaired) electrons. The van der Waals surface area contributed by atoms with Gasteiger partial charge in [-0.2, -0.15) is 4.31 Å². The summed E-state index contributed by atoms with van der Waals surface area (Å²) in [6.45, 7) is 2.88. The molecule has 0 aromatic carbocycles. The van der Waals surface area contributed by atoms with Gasteiger partial charge in [0.2, 0.25) is 15.9 Å². The molecule has 2 saturated heterocycles. The molecule has 2 fully saturated rings. The monoisotopic (exact) mass is 303 g/mol. The standard InChI is InChI=1S/C13H25N3O3S/c1-14-9-11-6-8-15(10-11)13(17)12-5-3-4-7-16(12)20(2,18)19/h11-12,14H,3-10H2,1-2H3/t11-,12+/m0/s1. The zero-order chi connectivity index (χ0) is 14.8. The first-order valence-electron chi connectivity index (χ1n) is 7.33. The Balaban J connectivity index is 2.04. The highest BCUT2D eigenvalue weighted by molar-refractivity contribution is 7.88. The lowest BCUT2D eigenvalue weighted by Crippen LogP contribution is -2.52. The van der Waals surface area contributed by atoms with E-state index in [0.717, 1.165) is 38.9 Å². The van der Waals surface area contributed by atoms with Crippen LogP contribution in [-0.2, 0) is 14.8 Å². The SMILES string of the molecule is CNC[C@@H]1CCN(C(=O)[C@H]2CCCCN2S(C)(=O)=O)C1. The predicted molar refractivity (Wildman–Crippen MR) is 77.8 cm³/mol. The second-order valence-corrected chi connectivity index (χ2v) is 7.82. The lowest BCUT2D eigenvalue weighted by Gasteiger charge is -2.35. The average Bonchev–Trinajstić information content (AvgIpc) is 2.86. The van der Waals surface area contributed by atoms with Gasteiger partial charge in [-0.1, -0.05) is 6.42 Å². The van der Waals surface area contributed by atoms with Crippen LogP contribution in [0.1, 0.15) is 25.7 Å². The second kappa shape index (κ2) is 6.41. The van der Waals surface area contributed by atoms with Crippen LogP contribution in [0, 0.1) is 5.92 Å². The molecule has 0 spiro atoms. The summed E-state index contributed by atoms with van der Waals surface area (Å²) in [6.07, 6.45) is 4.62. The van der Waals surface area contributed by atoms with Gasteiger partial charge in [-0.05, 0) is 38.8 Å². The number of hydrogen-bond acceptors (Lipinski definition) is 4. The van der Waals surface area contributed by atoms with Crippen molar-refractivity contribution in [3.8, 4) is 0 Å². The highest BCUT2D eigenvalue weighted by Crippen LogP contribution is 2.24. The number of carbonyl (C=O) groups excluding carboxylic acids is 1. The van der Waals surface area contributed by atoms with Crippen LogP contribution in [-0.4, -0.2) is 69.1 Å². The summed E-state index contributed by atoms with van der Waals surface area (Å²) in [5, 5.41) is 3.14. The number of amides is 1. The van der Waals surface area contributed by atoms with Crippen molar-refractivity contribution in [3.63, 3.8) is 0 Å². The van der Waals surface area contributed by atoms with E-state index >= 15 is 0 Å². The first-order chi connectivity index (χ1) is 9.43. The largest absolute Gasteiger partial charge is 0.341 e. The van der Waals surface area contributed by atoms with Crippen LogP contribution >= 0.6 is 0 Å². The van der Waals surface area contributed by atoms with Crippen molar-refractivity contribution in [3.05, 3.63) is 0 Å². The quantitative estimate of drug-likeness (QED) is 0.785. The van der Waals surface area contributed by atoms with Crippen molar-refractivity contribution >= 4 is 15.9 Å². The van der Waals surface area contributed by atoms with Crippen molar-refractivity contribution in [2.24, 2.45) is 5.92 Å². The molecular formula is C13H25N3O3S. The van der Waals surface area contributed by atoms with Gasteiger partial charge in [-0.15, -0.1) is 0 Å². The maximum atomic E-state index is 12.6. The molecule has 0 bridgehead atoms. The van der Waals surface area contributed by atoms with E-state index in [9.17, 15) is 13.2 Å². The number of sulfonamides is 1. The Morgan fingerprint density at radius 1 is 1.25 bits per heavy atom. The molecule has 0 aliphatic carbocycles. The molecule has 7 heteroatoms. The molecule has 1 amide bonds. The smallest absolute Gasteiger partial charge is 0.241 e. The Labute approximate surface area is 121 Å². The van der Waals surface area contributed by atoms with Crippen LogP contribution in [0.5, 0.6) is 0 Å². The zero-order valence-electron chi connectivity index (χ0n) is 12.3. The van der Waals surface area contributed by atoms with Crippen LogP contribution in [0.2, 0.25) is 0 Å². The number of nitrogens with one attached hydrogen (secondary N) is 1. The van der Waals surface area contributed by atoms with Gasteiger partial charge >= 0.3 is 0 Å². The Kier molecular flexibility index (Phi) is 5.04. The number of carbonyl (C=O) groups is 1. The van der Waals surface area contributed by atoms with E-state index in [2.05, 4.69) is 5.32 Å². The van der Waals surface area contributed by atoms with Crippen molar-refractivity contribution in [2.75, 3.05) is 39.5 Å². The highest BCUT2D eigenvalue weighted by Gasteiger charge is 2.38. The van der Waals surface area contributed by atoms with E-state index in [0.29, 0.717) is 18.9 Å². The predicted octanol–water partition coefficient (Wildman–Crippen LogP) is -0.132. The fourth-order valence-electron chi connectivity index (χ4n) is 3.25. The molecule has 2 heterocycles. The van der Waals surface area contributed by atoms with E-state index < -0.39 is 16.1 Å². The molecule has 2 atom stereocenters. The zero-order valence-corrected chi connectivity index (χ0v) is 13.2. The topological polar surface area (TPSA) is 69.7 Å². The lowest BCUT2D eigenvalue weighted by molar-refractivity contribution is -0.135. The fraction of sp³-hybridized carbons (Fsp3) is 0.923. The van der Waals surface area contributed by atoms with E-state index in [-0.39, 0.29) is 5.91 Å². The molecule has 20 heavy (non-hydrogen) atoms. The van der Waals surface area contributed by atoms with Crippen LogP contribution < -0.4 is 5.32 Å². The van der Waals surface area contributed by atoms with Crippen molar-refractivity contribution in [1.82, 2.24) is 14.5 Å². The molecule has 1 N–H and O–H groups in total. The van der Waals surface area contributed by atoms with Crippen LogP contribution in [0.15, 0.2) is 0 Å². The third kappa shape index (κ3) is 3.51. The number of nitrogens with zero attached hydrogens (tertiary/aromatic N) is 2. The maximum absolute atomic E-state index is 12.6. The summed E-state index contributed by atoms with van der Waals surface area (Å²) >= 11 is 0. The van der Waals surface area contributed by atoms with Gasteiger partial charge in [0.25, 0.3) is 0 Å². The van der Waals surface area contributed by atoms with Crippen LogP contribution in [0.4, 0.5) is 0 Å². The summed E-state index contributed by atoms with van der Waals surface area (Å²) in [5.74, 6) is 0.480. The number of rotatable bonds is 4. The van der Waals surface area contributed by atoms with Crippen molar-refractivity contribution in [1.29, 1.82) is 0 Å². The summed E-state index contributed by atoms with van der Waals surface area (Å²) in [5.41, 5.74) is 0. The summed E-state index contributed by atoms with van der Waals surface area (Å²) in [7, 11) is -1.39. The molecule has 2 aliphatic heterocycles. The second-order valence-electron chi connectivity index (χ2n) is 5.88. The minimum absolute atomic E-state index is 0.00581. The normalized spacial score (nSPS) is 28.8. The first kappa shape index (κ1) is 15.7. The van der Waals surface area contributed by atoms with Crippen LogP contribution in [0.3, 0.4) is 0 Å². The molecule has 0 aromatic heterocycles. The van der Waals surface area contributed by atoms with Gasteiger partial charge < -0.3 is 10.2 Å². The Bertz CT molecular complexity index is 452. The molecule has 0 unspecified atom stereocenters. The molecule has 2 aliphatic rings. The van der Waals surface area contributed by atoms with Gasteiger partial charge in [0.05, 0.1) is 6.26 Å². The van der Waals surface area contributed by atoms with Crippen molar-refractivity contribution < 1.29 is 13.2 Å². The Morgan fingerprint density at radius 2 is 2.00 bits per heavy atom. The molecule has 6 nitrogen and oxygen atoms in total. The molecule has 116 valence electrons. The van der Waals surface area contributed by atoms with Gasteiger partial charge in [0.1, 0.15) is 6.04 Å².